The summed E-state index contributed by atoms with van der Waals surface area (Å²) in [7, 11) is 0. The van der Waals surface area contributed by atoms with Crippen molar-refractivity contribution in [3.63, 3.8) is 0 Å². The van der Waals surface area contributed by atoms with E-state index in [0.29, 0.717) is 150 Å². The van der Waals surface area contributed by atoms with Crippen LogP contribution in [0.5, 0.6) is 138 Å². The van der Waals surface area contributed by atoms with E-state index in [1.807, 2.05) is 72.8 Å². The summed E-state index contributed by atoms with van der Waals surface area (Å²) in [6.45, 7) is 0. The Morgan fingerprint density at radius 1 is 0.179 bits per heavy atom. The highest BCUT2D eigenvalue weighted by atomic mass is 16.7. The van der Waals surface area contributed by atoms with Gasteiger partial charge in [-0.1, -0.05) is 146 Å². The lowest BCUT2D eigenvalue weighted by Gasteiger charge is -2.38. The molecule has 0 fully saturated rings. The molecule has 0 saturated heterocycles. The van der Waals surface area contributed by atoms with Gasteiger partial charge in [-0.05, 0) is 195 Å². The molecule has 0 radical (unpaired) electrons. The minimum absolute atomic E-state index is 0.00479. The molecule has 8 atom stereocenters. The molecule has 0 N–H and O–H groups in total. The van der Waals surface area contributed by atoms with Crippen LogP contribution in [0.25, 0.3) is 0 Å². The average Bonchev–Trinajstić information content (AvgIpc) is 0.724. The van der Waals surface area contributed by atoms with Crippen LogP contribution >= 0.6 is 0 Å². The van der Waals surface area contributed by atoms with Crippen LogP contribution in [0.1, 0.15) is 195 Å². The monoisotopic (exact) mass is 1760 g/mol. The second-order valence-electron chi connectivity index (χ2n) is 34.9. The summed E-state index contributed by atoms with van der Waals surface area (Å²) in [5.74, 6) is 3.53. The first-order valence-corrected chi connectivity index (χ1v) is 45.1. The Labute approximate surface area is 769 Å². The fourth-order valence-electron chi connectivity index (χ4n) is 20.1. The maximum atomic E-state index is 14.5. The van der Waals surface area contributed by atoms with Gasteiger partial charge in [0, 0.05) is 145 Å². The molecule has 40 bridgehead atoms. The second kappa shape index (κ2) is 33.1. The SMILES string of the molecule is O=Cc1c2cccc1Oc1cc3cc(c1)[C@H]1Oc4cc5c6cc4[C@H](CCc4ccccc4)c4cc7c(cc4O1)O[C@H]1Oc4cc8c(cc4[C@H]7CCc4ccccc4)[C@H](CCc4ccccc4)c4cc(c7cc4O[C@H](O8)c4cc(c(C=O)c(c4)Oc4cccc(c4)Oc4cc1cc(c4C=O)Oc1cccc(c1)O3)Oc1cccc(c1)Oc1cc(cc(c1)[C@H](O5)O7)O2)[C@@H]6CCc1ccccc1. The van der Waals surface area contributed by atoms with Crippen LogP contribution in [-0.2, 0) is 25.7 Å². The molecule has 19 nitrogen and oxygen atoms in total. The molecule has 16 aromatic rings. The summed E-state index contributed by atoms with van der Waals surface area (Å²) in [5.41, 5.74) is 12.3. The lowest BCUT2D eigenvalue weighted by molar-refractivity contribution is -0.0123. The summed E-state index contributed by atoms with van der Waals surface area (Å²) in [4.78, 5) is 43.4. The quantitative estimate of drug-likeness (QED) is 0.0877. The molecule has 0 spiro atoms. The minimum atomic E-state index is -1.46. The number of fused-ring (bicyclic) bond motifs is 16. The molecule has 19 heteroatoms. The Balaban J connectivity index is 0.880. The van der Waals surface area contributed by atoms with Gasteiger partial charge in [0.05, 0.1) is 16.7 Å². The highest BCUT2D eigenvalue weighted by Crippen LogP contribution is 2.60. The van der Waals surface area contributed by atoms with Gasteiger partial charge < -0.3 is 75.8 Å². The predicted octanol–water partition coefficient (Wildman–Crippen LogP) is 28.0. The van der Waals surface area contributed by atoms with E-state index >= 15 is 0 Å². The van der Waals surface area contributed by atoms with Crippen molar-refractivity contribution < 1.29 is 90.2 Å². The van der Waals surface area contributed by atoms with Crippen molar-refractivity contribution in [2.45, 2.75) is 100 Å². The van der Waals surface area contributed by atoms with Crippen LogP contribution in [0.4, 0.5) is 0 Å². The summed E-state index contributed by atoms with van der Waals surface area (Å²) in [6, 6.07) is 103. The number of ether oxygens (including phenoxy) is 16. The van der Waals surface area contributed by atoms with Crippen molar-refractivity contribution >= 4 is 18.9 Å². The first-order valence-electron chi connectivity index (χ1n) is 45.1. The van der Waals surface area contributed by atoms with Gasteiger partial charge in [0.25, 0.3) is 25.2 Å². The molecule has 25 rings (SSSR count). The standard InChI is InChI=1S/C115H80O19/c116-62-95-98-31-16-32-99(95)126-82-44-70-42-80(53-82)120-74-26-14-28-76(50-74)122-101-46-72-48-103(97(101)64-118)124-78-30-15-29-77(51-78)123-102-47-71-45-100(96(102)63-117)121-75-27-13-25-73(49-75)119-79-41-69(43-81(52-79)125-98)112-127-104-58-105-88-54-87(104)83(37-33-65-17-5-1-6-18-65)89-55-91-85(39-35-67-21-9-3-10-22-67)93-57-94-86(40-36-68-23-11-4-12-24-68)92-56-90(84(88)38-34-66-19-7-2-8-20-66)107(130-113(70)128-105)60-109(92)132-115(72)134-111(94)61-110(93)133-114(71)131-108(91)59-106(89)129-112/h1-32,41-64,83-86,112-115H,33-40H2/t83-,84+,85-,86+,112-,113+,114-,115+. The normalized spacial score (nSPS) is 18.2. The van der Waals surface area contributed by atoms with Crippen molar-refractivity contribution in [3.05, 3.63) is 427 Å². The molecule has 0 aromatic heterocycles. The molecule has 654 valence electrons. The number of benzene rings is 16. The summed E-state index contributed by atoms with van der Waals surface area (Å²) < 4.78 is 121. The molecule has 134 heavy (non-hydrogen) atoms. The summed E-state index contributed by atoms with van der Waals surface area (Å²) >= 11 is 0. The maximum Gasteiger partial charge on any atom is 0.267 e. The van der Waals surface area contributed by atoms with Crippen molar-refractivity contribution in [1.29, 1.82) is 0 Å². The number of carbonyl (C=O) groups is 3. The zero-order valence-electron chi connectivity index (χ0n) is 71.9. The number of rotatable bonds is 15. The highest BCUT2D eigenvalue weighted by molar-refractivity contribution is 5.87. The molecule has 0 saturated carbocycles. The zero-order chi connectivity index (χ0) is 89.0. The zero-order valence-corrected chi connectivity index (χ0v) is 71.9. The summed E-state index contributed by atoms with van der Waals surface area (Å²) in [6.07, 6.45) is 0.627. The van der Waals surface area contributed by atoms with Crippen molar-refractivity contribution in [2.75, 3.05) is 0 Å². The number of hydrogen-bond donors (Lipinski definition) is 0. The van der Waals surface area contributed by atoms with Crippen LogP contribution in [-0.4, -0.2) is 18.9 Å². The van der Waals surface area contributed by atoms with E-state index < -0.39 is 48.8 Å². The van der Waals surface area contributed by atoms with Crippen molar-refractivity contribution in [3.8, 4) is 138 Å². The third-order valence-corrected chi connectivity index (χ3v) is 26.5. The largest absolute Gasteiger partial charge is 0.457 e. The molecular formula is C115H80O19. The number of aldehydes is 3. The van der Waals surface area contributed by atoms with Gasteiger partial charge in [0.1, 0.15) is 138 Å². The van der Waals surface area contributed by atoms with E-state index in [9.17, 15) is 14.4 Å². The lowest BCUT2D eigenvalue weighted by atomic mass is 9.75. The van der Waals surface area contributed by atoms with Gasteiger partial charge in [0.2, 0.25) is 0 Å². The number of hydrogen-bond acceptors (Lipinski definition) is 19. The first kappa shape index (κ1) is 79.5. The fraction of sp³-hybridized carbons (Fsp3) is 0.139. The molecule has 0 amide bonds. The Hall–Kier alpha value is -16.7. The van der Waals surface area contributed by atoms with E-state index in [4.69, 9.17) is 75.8 Å². The van der Waals surface area contributed by atoms with E-state index in [2.05, 4.69) is 121 Å². The fourth-order valence-corrected chi connectivity index (χ4v) is 20.1. The van der Waals surface area contributed by atoms with Crippen LogP contribution in [0.2, 0.25) is 0 Å². The van der Waals surface area contributed by atoms with Gasteiger partial charge in [-0.15, -0.1) is 0 Å². The topological polar surface area (TPSA) is 199 Å². The van der Waals surface area contributed by atoms with Gasteiger partial charge >= 0.3 is 0 Å². The van der Waals surface area contributed by atoms with Crippen LogP contribution in [0, 0.1) is 0 Å². The lowest BCUT2D eigenvalue weighted by Crippen LogP contribution is -2.26. The Bertz CT molecular complexity index is 7010. The third kappa shape index (κ3) is 15.0. The predicted molar refractivity (Wildman–Crippen MR) is 496 cm³/mol. The van der Waals surface area contributed by atoms with E-state index in [1.165, 1.54) is 0 Å². The van der Waals surface area contributed by atoms with Crippen LogP contribution < -0.4 is 75.8 Å². The maximum absolute atomic E-state index is 14.5. The molecule has 8 aliphatic heterocycles. The van der Waals surface area contributed by atoms with Crippen LogP contribution in [0.3, 0.4) is 0 Å². The molecular weight excluding hydrogens is 1690 g/mol. The smallest absolute Gasteiger partial charge is 0.267 e. The average molecular weight is 1770 g/mol. The molecule has 1 aliphatic carbocycles. The Morgan fingerprint density at radius 2 is 0.388 bits per heavy atom. The van der Waals surface area contributed by atoms with Crippen molar-refractivity contribution in [2.24, 2.45) is 0 Å². The molecule has 8 heterocycles. The molecule has 0 unspecified atom stereocenters. The Kier molecular flexibility index (Phi) is 19.6. The minimum Gasteiger partial charge on any atom is -0.457 e. The van der Waals surface area contributed by atoms with Crippen molar-refractivity contribution in [1.82, 2.24) is 0 Å². The number of aryl methyl sites for hydroxylation is 4. The second-order valence-corrected chi connectivity index (χ2v) is 34.9. The Morgan fingerprint density at radius 3 is 0.642 bits per heavy atom. The van der Waals surface area contributed by atoms with Gasteiger partial charge in [-0.2, -0.15) is 0 Å². The molecule has 9 aliphatic rings. The van der Waals surface area contributed by atoms with E-state index in [1.54, 1.807) is 127 Å². The van der Waals surface area contributed by atoms with Gasteiger partial charge in [-0.3, -0.25) is 14.4 Å². The van der Waals surface area contributed by atoms with E-state index in [-0.39, 0.29) is 97.2 Å². The summed E-state index contributed by atoms with van der Waals surface area (Å²) in [5, 5.41) is 0. The first-order chi connectivity index (χ1) is 66.0. The van der Waals surface area contributed by atoms with Gasteiger partial charge in [0.15, 0.2) is 18.9 Å². The number of carbonyl (C=O) groups excluding carboxylic acids is 3. The van der Waals surface area contributed by atoms with E-state index in [0.717, 1.165) is 66.8 Å². The molecule has 16 aromatic carbocycles. The highest BCUT2D eigenvalue weighted by Gasteiger charge is 2.44. The van der Waals surface area contributed by atoms with Crippen LogP contribution in [0.15, 0.2) is 322 Å². The third-order valence-electron chi connectivity index (χ3n) is 26.5. The van der Waals surface area contributed by atoms with Gasteiger partial charge in [-0.25, -0.2) is 0 Å².